The molecule has 8 nitrogen and oxygen atoms in total. The Balaban J connectivity index is 2.26. The molecule has 0 saturated heterocycles. The third kappa shape index (κ3) is 4.38. The minimum atomic E-state index is -3.87. The lowest BCUT2D eigenvalue weighted by molar-refractivity contribution is -0.115. The molecule has 9 heteroatoms. The summed E-state index contributed by atoms with van der Waals surface area (Å²) in [5.41, 5.74) is 1.03. The molecular weight excluding hydrogens is 344 g/mol. The van der Waals surface area contributed by atoms with E-state index in [4.69, 9.17) is 0 Å². The van der Waals surface area contributed by atoms with E-state index < -0.39 is 10.0 Å². The van der Waals surface area contributed by atoms with Gasteiger partial charge in [0.05, 0.1) is 5.69 Å². The second kappa shape index (κ2) is 7.39. The Morgan fingerprint density at radius 1 is 1.16 bits per heavy atom. The maximum Gasteiger partial charge on any atom is 0.267 e. The van der Waals surface area contributed by atoms with E-state index in [1.54, 1.807) is 32.2 Å². The van der Waals surface area contributed by atoms with Crippen molar-refractivity contribution in [2.24, 2.45) is 7.05 Å². The summed E-state index contributed by atoms with van der Waals surface area (Å²) in [7, 11) is -0.813. The molecule has 1 heterocycles. The minimum absolute atomic E-state index is 0.0309. The van der Waals surface area contributed by atoms with Gasteiger partial charge in [-0.05, 0) is 24.3 Å². The summed E-state index contributed by atoms with van der Waals surface area (Å²) in [4.78, 5) is 23.1. The Labute approximate surface area is 146 Å². The van der Waals surface area contributed by atoms with Crippen molar-refractivity contribution < 1.29 is 18.0 Å². The SMILES string of the molecule is CCC(=O)Nc1cccc(NS(=O)(=O)c2cc(C(=O)NC)n(C)c2)c1. The van der Waals surface area contributed by atoms with E-state index in [9.17, 15) is 18.0 Å². The number of nitrogens with zero attached hydrogens (tertiary/aromatic N) is 1. The maximum absolute atomic E-state index is 12.5. The quantitative estimate of drug-likeness (QED) is 0.722. The number of carbonyl (C=O) groups is 2. The third-order valence-corrected chi connectivity index (χ3v) is 4.82. The van der Waals surface area contributed by atoms with Crippen LogP contribution < -0.4 is 15.4 Å². The fourth-order valence-corrected chi connectivity index (χ4v) is 3.28. The monoisotopic (exact) mass is 364 g/mol. The summed E-state index contributed by atoms with van der Waals surface area (Å²) >= 11 is 0. The number of anilines is 2. The number of sulfonamides is 1. The van der Waals surface area contributed by atoms with Crippen LogP contribution in [-0.2, 0) is 21.9 Å². The van der Waals surface area contributed by atoms with Crippen LogP contribution in [0.15, 0.2) is 41.4 Å². The van der Waals surface area contributed by atoms with Crippen LogP contribution in [0.25, 0.3) is 0 Å². The number of hydrogen-bond acceptors (Lipinski definition) is 4. The number of nitrogens with one attached hydrogen (secondary N) is 3. The standard InChI is InChI=1S/C16H20N4O4S/c1-4-15(21)18-11-6-5-7-12(8-11)19-25(23,24)13-9-14(16(22)17-2)20(3)10-13/h5-10,19H,4H2,1-3H3,(H,17,22)(H,18,21). The number of rotatable bonds is 6. The van der Waals surface area contributed by atoms with Gasteiger partial charge < -0.3 is 15.2 Å². The first-order valence-corrected chi connectivity index (χ1v) is 9.06. The van der Waals surface area contributed by atoms with E-state index in [1.165, 1.54) is 29.9 Å². The van der Waals surface area contributed by atoms with Crippen LogP contribution in [0.4, 0.5) is 11.4 Å². The third-order valence-electron chi connectivity index (χ3n) is 3.47. The van der Waals surface area contributed by atoms with Gasteiger partial charge >= 0.3 is 0 Å². The van der Waals surface area contributed by atoms with E-state index in [2.05, 4.69) is 15.4 Å². The molecule has 2 rings (SSSR count). The van der Waals surface area contributed by atoms with Crippen LogP contribution in [0, 0.1) is 0 Å². The zero-order valence-electron chi connectivity index (χ0n) is 14.2. The number of aryl methyl sites for hydroxylation is 1. The zero-order chi connectivity index (χ0) is 18.6. The molecule has 0 unspecified atom stereocenters. The predicted molar refractivity (Wildman–Crippen MR) is 95.0 cm³/mol. The van der Waals surface area contributed by atoms with Crippen molar-refractivity contribution in [2.45, 2.75) is 18.2 Å². The molecular formula is C16H20N4O4S. The fraction of sp³-hybridized carbons (Fsp3) is 0.250. The molecule has 0 aliphatic heterocycles. The summed E-state index contributed by atoms with van der Waals surface area (Å²) < 4.78 is 28.9. The van der Waals surface area contributed by atoms with Crippen LogP contribution >= 0.6 is 0 Å². The Morgan fingerprint density at radius 3 is 2.48 bits per heavy atom. The number of hydrogen-bond donors (Lipinski definition) is 3. The summed E-state index contributed by atoms with van der Waals surface area (Å²) in [6, 6.07) is 7.68. The Morgan fingerprint density at radius 2 is 1.84 bits per heavy atom. The molecule has 2 amide bonds. The van der Waals surface area contributed by atoms with Crippen LogP contribution in [0.1, 0.15) is 23.8 Å². The molecule has 25 heavy (non-hydrogen) atoms. The average Bonchev–Trinajstić information content (AvgIpc) is 2.96. The van der Waals surface area contributed by atoms with Gasteiger partial charge in [-0.2, -0.15) is 0 Å². The molecule has 134 valence electrons. The van der Waals surface area contributed by atoms with Crippen LogP contribution in [0.2, 0.25) is 0 Å². The molecule has 0 spiro atoms. The van der Waals surface area contributed by atoms with E-state index in [1.807, 2.05) is 0 Å². The molecule has 3 N–H and O–H groups in total. The van der Waals surface area contributed by atoms with Crippen LogP contribution in [0.3, 0.4) is 0 Å². The fourth-order valence-electron chi connectivity index (χ4n) is 2.16. The minimum Gasteiger partial charge on any atom is -0.354 e. The van der Waals surface area contributed by atoms with Crippen molar-refractivity contribution in [2.75, 3.05) is 17.1 Å². The molecule has 1 aromatic heterocycles. The number of carbonyl (C=O) groups excluding carboxylic acids is 2. The first kappa shape index (κ1) is 18.5. The van der Waals surface area contributed by atoms with Crippen molar-refractivity contribution in [1.82, 2.24) is 9.88 Å². The number of aromatic nitrogens is 1. The molecule has 0 aliphatic carbocycles. The van der Waals surface area contributed by atoms with Crippen molar-refractivity contribution in [3.63, 3.8) is 0 Å². The molecule has 0 bridgehead atoms. The lowest BCUT2D eigenvalue weighted by Crippen LogP contribution is -2.20. The highest BCUT2D eigenvalue weighted by molar-refractivity contribution is 7.92. The van der Waals surface area contributed by atoms with Crippen molar-refractivity contribution >= 4 is 33.2 Å². The predicted octanol–water partition coefficient (Wildman–Crippen LogP) is 1.53. The summed E-state index contributed by atoms with van der Waals surface area (Å²) in [5.74, 6) is -0.550. The van der Waals surface area contributed by atoms with Gasteiger partial charge in [0.25, 0.3) is 15.9 Å². The molecule has 0 radical (unpaired) electrons. The smallest absolute Gasteiger partial charge is 0.267 e. The van der Waals surface area contributed by atoms with E-state index in [0.29, 0.717) is 17.8 Å². The van der Waals surface area contributed by atoms with Gasteiger partial charge in [-0.15, -0.1) is 0 Å². The van der Waals surface area contributed by atoms with E-state index >= 15 is 0 Å². The first-order chi connectivity index (χ1) is 11.8. The van der Waals surface area contributed by atoms with Crippen LogP contribution in [-0.4, -0.2) is 31.8 Å². The average molecular weight is 364 g/mol. The first-order valence-electron chi connectivity index (χ1n) is 7.58. The number of benzene rings is 1. The molecule has 0 aliphatic rings. The normalized spacial score (nSPS) is 11.0. The highest BCUT2D eigenvalue weighted by Gasteiger charge is 2.20. The van der Waals surface area contributed by atoms with Gasteiger partial charge in [0.2, 0.25) is 5.91 Å². The lowest BCUT2D eigenvalue weighted by Gasteiger charge is -2.09. The Kier molecular flexibility index (Phi) is 5.48. The second-order valence-corrected chi connectivity index (χ2v) is 7.02. The lowest BCUT2D eigenvalue weighted by atomic mass is 10.3. The summed E-state index contributed by atoms with van der Waals surface area (Å²) in [5, 5.41) is 5.12. The van der Waals surface area contributed by atoms with E-state index in [-0.39, 0.29) is 22.4 Å². The largest absolute Gasteiger partial charge is 0.354 e. The van der Waals surface area contributed by atoms with Gasteiger partial charge in [-0.1, -0.05) is 13.0 Å². The highest BCUT2D eigenvalue weighted by atomic mass is 32.2. The van der Waals surface area contributed by atoms with Crippen molar-refractivity contribution in [3.05, 3.63) is 42.2 Å². The highest BCUT2D eigenvalue weighted by Crippen LogP contribution is 2.21. The van der Waals surface area contributed by atoms with Gasteiger partial charge in [0.15, 0.2) is 0 Å². The molecule has 2 aromatic rings. The summed E-state index contributed by atoms with van der Waals surface area (Å²) in [6.07, 6.45) is 1.68. The van der Waals surface area contributed by atoms with Gasteiger partial charge in [-0.3, -0.25) is 14.3 Å². The van der Waals surface area contributed by atoms with E-state index in [0.717, 1.165) is 0 Å². The topological polar surface area (TPSA) is 109 Å². The summed E-state index contributed by atoms with van der Waals surface area (Å²) in [6.45, 7) is 1.72. The maximum atomic E-state index is 12.5. The van der Waals surface area contributed by atoms with Crippen LogP contribution in [0.5, 0.6) is 0 Å². The number of amides is 2. The molecule has 0 saturated carbocycles. The van der Waals surface area contributed by atoms with Gasteiger partial charge in [0.1, 0.15) is 10.6 Å². The molecule has 1 aromatic carbocycles. The van der Waals surface area contributed by atoms with Crippen molar-refractivity contribution in [1.29, 1.82) is 0 Å². The van der Waals surface area contributed by atoms with Crippen molar-refractivity contribution in [3.8, 4) is 0 Å². The van der Waals surface area contributed by atoms with Gasteiger partial charge in [0, 0.05) is 32.4 Å². The Bertz CT molecular complexity index is 903. The zero-order valence-corrected chi connectivity index (χ0v) is 15.0. The Hall–Kier alpha value is -2.81. The van der Waals surface area contributed by atoms with Gasteiger partial charge in [-0.25, -0.2) is 8.42 Å². The molecule has 0 atom stereocenters. The molecule has 0 fully saturated rings. The second-order valence-electron chi connectivity index (χ2n) is 5.34.